The lowest BCUT2D eigenvalue weighted by atomic mass is 10.2. The van der Waals surface area contributed by atoms with Gasteiger partial charge in [-0.3, -0.25) is 9.78 Å². The molecule has 1 aromatic heterocycles. The van der Waals surface area contributed by atoms with Gasteiger partial charge in [-0.2, -0.15) is 0 Å². The number of esters is 1. The molecule has 130 valence electrons. The molecule has 3 rings (SSSR count). The van der Waals surface area contributed by atoms with Crippen molar-refractivity contribution < 1.29 is 19.1 Å². The second-order valence-corrected chi connectivity index (χ2v) is 5.52. The molecule has 1 saturated heterocycles. The maximum Gasteiger partial charge on any atom is 0.337 e. The van der Waals surface area contributed by atoms with E-state index in [2.05, 4.69) is 19.9 Å². The smallest absolute Gasteiger partial charge is 0.337 e. The topological polar surface area (TPSA) is 80.8 Å². The summed E-state index contributed by atoms with van der Waals surface area (Å²) in [5, 5.41) is 2.78. The van der Waals surface area contributed by atoms with E-state index in [1.54, 1.807) is 36.5 Å². The molecule has 7 heteroatoms. The Hall–Kier alpha value is -2.93. The van der Waals surface area contributed by atoms with E-state index < -0.39 is 5.97 Å². The lowest BCUT2D eigenvalue weighted by Gasteiger charge is -2.28. The number of methoxy groups -OCH3 is 1. The zero-order valence-corrected chi connectivity index (χ0v) is 13.9. The van der Waals surface area contributed by atoms with Gasteiger partial charge in [0.05, 0.1) is 25.9 Å². The Morgan fingerprint density at radius 2 is 1.88 bits per heavy atom. The summed E-state index contributed by atoms with van der Waals surface area (Å²) in [5.41, 5.74) is 2.29. The second-order valence-electron chi connectivity index (χ2n) is 5.52. The first-order valence-electron chi connectivity index (χ1n) is 7.96. The van der Waals surface area contributed by atoms with Crippen molar-refractivity contribution in [1.29, 1.82) is 0 Å². The maximum atomic E-state index is 12.4. The molecule has 0 aliphatic carbocycles. The summed E-state index contributed by atoms with van der Waals surface area (Å²) in [5.74, 6) is -0.723. The zero-order valence-electron chi connectivity index (χ0n) is 13.9. The Labute approximate surface area is 145 Å². The molecule has 1 N–H and O–H groups in total. The Bertz CT molecular complexity index is 755. The number of anilines is 2. The van der Waals surface area contributed by atoms with Gasteiger partial charge in [-0.15, -0.1) is 0 Å². The van der Waals surface area contributed by atoms with Crippen LogP contribution < -0.4 is 10.2 Å². The van der Waals surface area contributed by atoms with Crippen LogP contribution in [0.1, 0.15) is 20.8 Å². The van der Waals surface area contributed by atoms with Crippen LogP contribution in [0.2, 0.25) is 0 Å². The van der Waals surface area contributed by atoms with Crippen LogP contribution in [0.15, 0.2) is 42.6 Å². The van der Waals surface area contributed by atoms with Crippen LogP contribution in [0, 0.1) is 0 Å². The highest BCUT2D eigenvalue weighted by atomic mass is 16.5. The van der Waals surface area contributed by atoms with E-state index in [-0.39, 0.29) is 5.91 Å². The molecule has 0 radical (unpaired) electrons. The van der Waals surface area contributed by atoms with Gasteiger partial charge in [0.2, 0.25) is 0 Å². The first-order chi connectivity index (χ1) is 12.2. The highest BCUT2D eigenvalue weighted by Gasteiger charge is 2.14. The Kier molecular flexibility index (Phi) is 5.25. The minimum absolute atomic E-state index is 0.305. The fraction of sp³-hybridized carbons (Fsp3) is 0.278. The number of pyridine rings is 1. The predicted molar refractivity (Wildman–Crippen MR) is 93.0 cm³/mol. The maximum absolute atomic E-state index is 12.4. The highest BCUT2D eigenvalue weighted by Crippen LogP contribution is 2.17. The van der Waals surface area contributed by atoms with Crippen LogP contribution in [0.5, 0.6) is 0 Å². The first kappa shape index (κ1) is 16.9. The molecule has 1 aliphatic heterocycles. The summed E-state index contributed by atoms with van der Waals surface area (Å²) >= 11 is 0. The molecule has 0 atom stereocenters. The van der Waals surface area contributed by atoms with E-state index in [1.165, 1.54) is 7.11 Å². The third kappa shape index (κ3) is 4.13. The van der Waals surface area contributed by atoms with E-state index in [9.17, 15) is 9.59 Å². The van der Waals surface area contributed by atoms with Gasteiger partial charge >= 0.3 is 5.97 Å². The number of benzene rings is 1. The van der Waals surface area contributed by atoms with Gasteiger partial charge in [0.15, 0.2) is 0 Å². The number of hydrogen-bond donors (Lipinski definition) is 1. The molecule has 0 bridgehead atoms. The molecule has 1 amide bonds. The van der Waals surface area contributed by atoms with Crippen LogP contribution in [0.3, 0.4) is 0 Å². The van der Waals surface area contributed by atoms with E-state index in [0.29, 0.717) is 30.2 Å². The average Bonchev–Trinajstić information content (AvgIpc) is 2.68. The van der Waals surface area contributed by atoms with Crippen LogP contribution in [-0.2, 0) is 9.47 Å². The van der Waals surface area contributed by atoms with Crippen molar-refractivity contribution in [1.82, 2.24) is 4.98 Å². The third-order valence-corrected chi connectivity index (χ3v) is 3.92. The van der Waals surface area contributed by atoms with E-state index in [4.69, 9.17) is 4.74 Å². The van der Waals surface area contributed by atoms with Gasteiger partial charge in [-0.1, -0.05) is 0 Å². The SMILES string of the molecule is COC(=O)c1ccc(NC(=O)c2cc(N3CCOCC3)ccn2)cc1. The van der Waals surface area contributed by atoms with Gasteiger partial charge in [0, 0.05) is 30.7 Å². The number of carbonyl (C=O) groups excluding carboxylic acids is 2. The molecule has 7 nitrogen and oxygen atoms in total. The monoisotopic (exact) mass is 341 g/mol. The minimum atomic E-state index is -0.419. The molecule has 0 saturated carbocycles. The molecule has 0 unspecified atom stereocenters. The van der Waals surface area contributed by atoms with E-state index in [1.807, 2.05) is 6.07 Å². The molecule has 2 heterocycles. The number of morpholine rings is 1. The van der Waals surface area contributed by atoms with E-state index in [0.717, 1.165) is 18.8 Å². The highest BCUT2D eigenvalue weighted by molar-refractivity contribution is 6.03. The molecule has 0 spiro atoms. The number of hydrogen-bond acceptors (Lipinski definition) is 6. The van der Waals surface area contributed by atoms with Crippen molar-refractivity contribution in [2.45, 2.75) is 0 Å². The van der Waals surface area contributed by atoms with Crippen molar-refractivity contribution in [3.8, 4) is 0 Å². The lowest BCUT2D eigenvalue weighted by Crippen LogP contribution is -2.36. The summed E-state index contributed by atoms with van der Waals surface area (Å²) in [7, 11) is 1.32. The zero-order chi connectivity index (χ0) is 17.6. The number of rotatable bonds is 4. The van der Waals surface area contributed by atoms with Crippen LogP contribution in [0.4, 0.5) is 11.4 Å². The normalized spacial score (nSPS) is 14.0. The van der Waals surface area contributed by atoms with Gasteiger partial charge in [0.1, 0.15) is 5.69 Å². The number of carbonyl (C=O) groups is 2. The summed E-state index contributed by atoms with van der Waals surface area (Å²) in [6.45, 7) is 2.94. The fourth-order valence-electron chi connectivity index (χ4n) is 2.56. The van der Waals surface area contributed by atoms with Crippen molar-refractivity contribution in [2.24, 2.45) is 0 Å². The lowest BCUT2D eigenvalue weighted by molar-refractivity contribution is 0.0600. The number of nitrogens with zero attached hydrogens (tertiary/aromatic N) is 2. The van der Waals surface area contributed by atoms with Crippen molar-refractivity contribution in [3.63, 3.8) is 0 Å². The summed E-state index contributed by atoms with van der Waals surface area (Å²) in [6, 6.07) is 10.1. The Morgan fingerprint density at radius 3 is 2.56 bits per heavy atom. The van der Waals surface area contributed by atoms with Gasteiger partial charge in [-0.05, 0) is 36.4 Å². The van der Waals surface area contributed by atoms with Crippen molar-refractivity contribution >= 4 is 23.3 Å². The van der Waals surface area contributed by atoms with Crippen LogP contribution in [0.25, 0.3) is 0 Å². The van der Waals surface area contributed by atoms with Gasteiger partial charge in [-0.25, -0.2) is 4.79 Å². The quantitative estimate of drug-likeness (QED) is 0.856. The summed E-state index contributed by atoms with van der Waals surface area (Å²) < 4.78 is 9.99. The van der Waals surface area contributed by atoms with Gasteiger partial charge < -0.3 is 19.7 Å². The molecule has 1 aliphatic rings. The molecule has 2 aromatic rings. The Balaban J connectivity index is 1.69. The Morgan fingerprint density at radius 1 is 1.16 bits per heavy atom. The molecular formula is C18H19N3O4. The molecule has 25 heavy (non-hydrogen) atoms. The standard InChI is InChI=1S/C18H19N3O4/c1-24-18(23)13-2-4-14(5-3-13)20-17(22)16-12-15(6-7-19-16)21-8-10-25-11-9-21/h2-7,12H,8-11H2,1H3,(H,20,22). The molecular weight excluding hydrogens is 322 g/mol. The molecule has 1 aromatic carbocycles. The van der Waals surface area contributed by atoms with Gasteiger partial charge in [0.25, 0.3) is 5.91 Å². The second kappa shape index (κ2) is 7.76. The fourth-order valence-corrected chi connectivity index (χ4v) is 2.56. The van der Waals surface area contributed by atoms with Crippen LogP contribution >= 0.6 is 0 Å². The van der Waals surface area contributed by atoms with Crippen molar-refractivity contribution in [2.75, 3.05) is 43.6 Å². The first-order valence-corrected chi connectivity index (χ1v) is 7.96. The average molecular weight is 341 g/mol. The summed E-state index contributed by atoms with van der Waals surface area (Å²) in [4.78, 5) is 30.1. The number of aromatic nitrogens is 1. The predicted octanol–water partition coefficient (Wildman–Crippen LogP) is 1.96. The summed E-state index contributed by atoms with van der Waals surface area (Å²) in [6.07, 6.45) is 1.63. The number of nitrogens with one attached hydrogen (secondary N) is 1. The van der Waals surface area contributed by atoms with Crippen molar-refractivity contribution in [3.05, 3.63) is 53.9 Å². The van der Waals surface area contributed by atoms with E-state index >= 15 is 0 Å². The third-order valence-electron chi connectivity index (χ3n) is 3.92. The molecule has 1 fully saturated rings. The number of ether oxygens (including phenoxy) is 2. The minimum Gasteiger partial charge on any atom is -0.465 e. The van der Waals surface area contributed by atoms with Crippen LogP contribution in [-0.4, -0.2) is 50.3 Å². The number of amides is 1. The largest absolute Gasteiger partial charge is 0.465 e.